The number of carbonyl (C=O) groups is 3. The molecule has 0 fully saturated rings. The summed E-state index contributed by atoms with van der Waals surface area (Å²) in [5.74, 6) is -3.23. The van der Waals surface area contributed by atoms with Gasteiger partial charge in [-0.2, -0.15) is 0 Å². The lowest BCUT2D eigenvalue weighted by atomic mass is 9.85. The van der Waals surface area contributed by atoms with Crippen molar-refractivity contribution in [2.45, 2.75) is 31.7 Å². The number of allylic oxidation sites excluding steroid dienone is 1. The third-order valence-corrected chi connectivity index (χ3v) is 5.38. The van der Waals surface area contributed by atoms with E-state index >= 15 is 0 Å². The standard InChI is InChI=1S/C24H24N2O5/c1-4-24(2,3)20-17(14-9-7-8-12-18(14)25-20)13-19(23(30)31)26-21(27)15-10-5-6-11-16(15)22(28)29/h4-12,19,25H,1,13H2,2-3H3,(H,26,27)(H,28,29)(H,30,31)/t19-/m0/s1. The van der Waals surface area contributed by atoms with E-state index in [4.69, 9.17) is 0 Å². The Balaban J connectivity index is 2.00. The highest BCUT2D eigenvalue weighted by Gasteiger charge is 2.29. The number of fused-ring (bicyclic) bond motifs is 1. The molecule has 0 unspecified atom stereocenters. The smallest absolute Gasteiger partial charge is 0.336 e. The molecule has 1 aromatic heterocycles. The van der Waals surface area contributed by atoms with Crippen molar-refractivity contribution in [2.75, 3.05) is 0 Å². The number of amides is 1. The summed E-state index contributed by atoms with van der Waals surface area (Å²) >= 11 is 0. The highest BCUT2D eigenvalue weighted by Crippen LogP contribution is 2.33. The van der Waals surface area contributed by atoms with Crippen molar-refractivity contribution in [2.24, 2.45) is 0 Å². The van der Waals surface area contributed by atoms with Crippen molar-refractivity contribution < 1.29 is 24.6 Å². The number of para-hydroxylation sites is 1. The second kappa shape index (κ2) is 8.47. The number of aromatic carboxylic acids is 1. The molecule has 160 valence electrons. The van der Waals surface area contributed by atoms with Crippen LogP contribution >= 0.6 is 0 Å². The molecule has 7 nitrogen and oxygen atoms in total. The fourth-order valence-corrected chi connectivity index (χ4v) is 3.57. The molecular weight excluding hydrogens is 396 g/mol. The molecule has 3 aromatic rings. The largest absolute Gasteiger partial charge is 0.480 e. The summed E-state index contributed by atoms with van der Waals surface area (Å²) < 4.78 is 0. The Hall–Kier alpha value is -3.87. The van der Waals surface area contributed by atoms with Gasteiger partial charge in [-0.1, -0.05) is 50.3 Å². The molecule has 2 aromatic carbocycles. The lowest BCUT2D eigenvalue weighted by molar-refractivity contribution is -0.139. The van der Waals surface area contributed by atoms with Gasteiger partial charge in [0.25, 0.3) is 5.91 Å². The highest BCUT2D eigenvalue weighted by molar-refractivity contribution is 6.05. The molecule has 4 N–H and O–H groups in total. The van der Waals surface area contributed by atoms with Gasteiger partial charge in [-0.3, -0.25) is 4.79 Å². The second-order valence-electron chi connectivity index (χ2n) is 7.87. The third-order valence-electron chi connectivity index (χ3n) is 5.38. The number of carboxylic acids is 2. The number of aliphatic carboxylic acids is 1. The van der Waals surface area contributed by atoms with Gasteiger partial charge < -0.3 is 20.5 Å². The molecule has 0 bridgehead atoms. The zero-order valence-electron chi connectivity index (χ0n) is 17.3. The molecule has 0 aliphatic heterocycles. The molecule has 0 saturated heterocycles. The Labute approximate surface area is 179 Å². The molecule has 0 aliphatic rings. The zero-order valence-corrected chi connectivity index (χ0v) is 17.3. The van der Waals surface area contributed by atoms with Gasteiger partial charge in [0.15, 0.2) is 0 Å². The Morgan fingerprint density at radius 3 is 2.29 bits per heavy atom. The van der Waals surface area contributed by atoms with E-state index in [-0.39, 0.29) is 17.5 Å². The Morgan fingerprint density at radius 1 is 1.06 bits per heavy atom. The van der Waals surface area contributed by atoms with E-state index in [1.807, 2.05) is 38.1 Å². The quantitative estimate of drug-likeness (QED) is 0.414. The molecule has 0 spiro atoms. The summed E-state index contributed by atoms with van der Waals surface area (Å²) in [6.45, 7) is 7.81. The van der Waals surface area contributed by atoms with E-state index in [0.29, 0.717) is 0 Å². The molecular formula is C24H24N2O5. The number of aromatic nitrogens is 1. The Bertz CT molecular complexity index is 1180. The summed E-state index contributed by atoms with van der Waals surface area (Å²) in [5, 5.41) is 22.5. The van der Waals surface area contributed by atoms with Gasteiger partial charge in [0.05, 0.1) is 11.1 Å². The molecule has 0 radical (unpaired) electrons. The van der Waals surface area contributed by atoms with Crippen LogP contribution in [0.25, 0.3) is 10.9 Å². The van der Waals surface area contributed by atoms with Crippen LogP contribution < -0.4 is 5.32 Å². The first kappa shape index (κ1) is 21.8. The molecule has 3 rings (SSSR count). The minimum atomic E-state index is -1.26. The molecule has 1 amide bonds. The maximum atomic E-state index is 12.8. The predicted octanol–water partition coefficient (Wildman–Crippen LogP) is 3.76. The number of carbonyl (C=O) groups excluding carboxylic acids is 1. The van der Waals surface area contributed by atoms with Gasteiger partial charge in [0.2, 0.25) is 0 Å². The van der Waals surface area contributed by atoms with Crippen molar-refractivity contribution in [3.63, 3.8) is 0 Å². The number of nitrogens with one attached hydrogen (secondary N) is 2. The first-order chi connectivity index (χ1) is 14.7. The zero-order chi connectivity index (χ0) is 22.8. The van der Waals surface area contributed by atoms with Gasteiger partial charge in [-0.05, 0) is 23.8 Å². The van der Waals surface area contributed by atoms with E-state index in [0.717, 1.165) is 22.2 Å². The highest BCUT2D eigenvalue weighted by atomic mass is 16.4. The number of benzene rings is 2. The summed E-state index contributed by atoms with van der Waals surface area (Å²) in [6.07, 6.45) is 1.80. The Morgan fingerprint density at radius 2 is 1.68 bits per heavy atom. The van der Waals surface area contributed by atoms with Crippen LogP contribution in [0.3, 0.4) is 0 Å². The van der Waals surface area contributed by atoms with Crippen LogP contribution in [0.15, 0.2) is 61.2 Å². The van der Waals surface area contributed by atoms with Crippen molar-refractivity contribution in [1.29, 1.82) is 0 Å². The van der Waals surface area contributed by atoms with Crippen LogP contribution in [0.4, 0.5) is 0 Å². The van der Waals surface area contributed by atoms with E-state index in [1.165, 1.54) is 24.3 Å². The average Bonchev–Trinajstić information content (AvgIpc) is 3.12. The lowest BCUT2D eigenvalue weighted by Crippen LogP contribution is -2.43. The molecule has 0 saturated carbocycles. The van der Waals surface area contributed by atoms with E-state index < -0.39 is 29.3 Å². The first-order valence-corrected chi connectivity index (χ1v) is 9.75. The molecule has 0 aliphatic carbocycles. The van der Waals surface area contributed by atoms with Gasteiger partial charge in [0.1, 0.15) is 6.04 Å². The predicted molar refractivity (Wildman–Crippen MR) is 118 cm³/mol. The number of carboxylic acid groups (broad SMARTS) is 2. The van der Waals surface area contributed by atoms with E-state index in [2.05, 4.69) is 16.9 Å². The maximum Gasteiger partial charge on any atom is 0.336 e. The van der Waals surface area contributed by atoms with Gasteiger partial charge in [-0.25, -0.2) is 9.59 Å². The van der Waals surface area contributed by atoms with Gasteiger partial charge in [-0.15, -0.1) is 6.58 Å². The Kier molecular flexibility index (Phi) is 5.97. The van der Waals surface area contributed by atoms with Crippen LogP contribution in [0.5, 0.6) is 0 Å². The van der Waals surface area contributed by atoms with Crippen LogP contribution in [-0.4, -0.2) is 39.1 Å². The van der Waals surface area contributed by atoms with Crippen LogP contribution in [0, 0.1) is 0 Å². The van der Waals surface area contributed by atoms with E-state index in [9.17, 15) is 24.6 Å². The first-order valence-electron chi connectivity index (χ1n) is 9.75. The number of aromatic amines is 1. The average molecular weight is 420 g/mol. The van der Waals surface area contributed by atoms with Crippen LogP contribution in [-0.2, 0) is 16.6 Å². The molecule has 31 heavy (non-hydrogen) atoms. The molecule has 1 atom stereocenters. The minimum absolute atomic E-state index is 0.0208. The monoisotopic (exact) mass is 420 g/mol. The van der Waals surface area contributed by atoms with Crippen LogP contribution in [0.2, 0.25) is 0 Å². The van der Waals surface area contributed by atoms with Crippen molar-refractivity contribution >= 4 is 28.7 Å². The SMILES string of the molecule is C=CC(C)(C)c1[nH]c2ccccc2c1C[C@H](NC(=O)c1ccccc1C(=O)O)C(=O)O. The third kappa shape index (κ3) is 4.35. The number of rotatable bonds is 8. The number of hydrogen-bond donors (Lipinski definition) is 4. The topological polar surface area (TPSA) is 119 Å². The summed E-state index contributed by atoms with van der Waals surface area (Å²) in [4.78, 5) is 39.6. The maximum absolute atomic E-state index is 12.8. The van der Waals surface area contributed by atoms with Crippen molar-refractivity contribution in [3.8, 4) is 0 Å². The summed E-state index contributed by atoms with van der Waals surface area (Å²) in [5.41, 5.74) is 1.69. The van der Waals surface area contributed by atoms with E-state index in [1.54, 1.807) is 6.08 Å². The van der Waals surface area contributed by atoms with Gasteiger partial charge in [0, 0.05) is 28.4 Å². The minimum Gasteiger partial charge on any atom is -0.480 e. The number of H-pyrrole nitrogens is 1. The second-order valence-corrected chi connectivity index (χ2v) is 7.87. The van der Waals surface area contributed by atoms with Gasteiger partial charge >= 0.3 is 11.9 Å². The molecule has 1 heterocycles. The number of hydrogen-bond acceptors (Lipinski definition) is 3. The lowest BCUT2D eigenvalue weighted by Gasteiger charge is -2.23. The van der Waals surface area contributed by atoms with Crippen molar-refractivity contribution in [3.05, 3.63) is 83.6 Å². The summed E-state index contributed by atoms with van der Waals surface area (Å²) in [6, 6.07) is 12.0. The summed E-state index contributed by atoms with van der Waals surface area (Å²) in [7, 11) is 0. The fraction of sp³-hybridized carbons (Fsp3) is 0.208. The van der Waals surface area contributed by atoms with Crippen LogP contribution in [0.1, 0.15) is 45.8 Å². The molecule has 7 heteroatoms. The van der Waals surface area contributed by atoms with Crippen molar-refractivity contribution in [1.82, 2.24) is 10.3 Å². The normalized spacial score (nSPS) is 12.3. The fourth-order valence-electron chi connectivity index (χ4n) is 3.57.